The SMILES string of the molecule is O=C(c1cc2sccc2s1)N1CCCC2(C1)OCCO2. The summed E-state index contributed by atoms with van der Waals surface area (Å²) in [5, 5.41) is 2.06. The molecule has 2 fully saturated rings. The van der Waals surface area contributed by atoms with Crippen LogP contribution in [0.1, 0.15) is 22.5 Å². The number of hydrogen-bond acceptors (Lipinski definition) is 5. The number of likely N-dealkylation sites (tertiary alicyclic amines) is 1. The van der Waals surface area contributed by atoms with Crippen molar-refractivity contribution in [2.75, 3.05) is 26.3 Å². The molecule has 2 aliphatic heterocycles. The Labute approximate surface area is 124 Å². The van der Waals surface area contributed by atoms with Crippen LogP contribution < -0.4 is 0 Å². The maximum Gasteiger partial charge on any atom is 0.264 e. The molecule has 6 heteroatoms. The summed E-state index contributed by atoms with van der Waals surface area (Å²) in [5.41, 5.74) is 0. The van der Waals surface area contributed by atoms with Gasteiger partial charge in [-0.2, -0.15) is 0 Å². The standard InChI is InChI=1S/C14H15NO3S2/c16-13(12-8-11-10(20-12)2-7-19-11)15-4-1-3-14(9-15)17-5-6-18-14/h2,7-8H,1,3-6,9H2. The number of ether oxygens (including phenoxy) is 2. The van der Waals surface area contributed by atoms with Gasteiger partial charge in [-0.3, -0.25) is 4.79 Å². The summed E-state index contributed by atoms with van der Waals surface area (Å²) in [7, 11) is 0. The summed E-state index contributed by atoms with van der Waals surface area (Å²) in [5.74, 6) is -0.431. The van der Waals surface area contributed by atoms with E-state index in [0.717, 1.165) is 24.3 Å². The van der Waals surface area contributed by atoms with E-state index in [9.17, 15) is 4.79 Å². The molecule has 4 heterocycles. The molecule has 0 unspecified atom stereocenters. The zero-order valence-electron chi connectivity index (χ0n) is 11.0. The lowest BCUT2D eigenvalue weighted by molar-refractivity contribution is -0.183. The number of carbonyl (C=O) groups excluding carboxylic acids is 1. The fraction of sp³-hybridized carbons (Fsp3) is 0.500. The first-order chi connectivity index (χ1) is 9.76. The molecular formula is C14H15NO3S2. The summed E-state index contributed by atoms with van der Waals surface area (Å²) >= 11 is 3.26. The van der Waals surface area contributed by atoms with E-state index < -0.39 is 5.79 Å². The number of amides is 1. The molecule has 2 saturated heterocycles. The Morgan fingerprint density at radius 1 is 1.30 bits per heavy atom. The zero-order chi connectivity index (χ0) is 13.6. The Kier molecular flexibility index (Phi) is 3.07. The van der Waals surface area contributed by atoms with Gasteiger partial charge in [0.1, 0.15) is 0 Å². The molecule has 0 atom stereocenters. The summed E-state index contributed by atoms with van der Waals surface area (Å²) in [6.07, 6.45) is 1.82. The maximum absolute atomic E-state index is 12.6. The molecule has 1 amide bonds. The van der Waals surface area contributed by atoms with E-state index in [1.54, 1.807) is 22.7 Å². The maximum atomic E-state index is 12.6. The second-order valence-electron chi connectivity index (χ2n) is 5.20. The van der Waals surface area contributed by atoms with Gasteiger partial charge in [0.15, 0.2) is 5.79 Å². The number of rotatable bonds is 1. The Hall–Kier alpha value is -0.950. The van der Waals surface area contributed by atoms with E-state index >= 15 is 0 Å². The minimum atomic E-state index is -0.539. The van der Waals surface area contributed by atoms with Gasteiger partial charge in [0.2, 0.25) is 0 Å². The van der Waals surface area contributed by atoms with Crippen LogP contribution in [0.3, 0.4) is 0 Å². The van der Waals surface area contributed by atoms with Crippen molar-refractivity contribution >= 4 is 38.0 Å². The number of fused-ring (bicyclic) bond motifs is 1. The molecule has 0 aromatic carbocycles. The van der Waals surface area contributed by atoms with Crippen molar-refractivity contribution in [3.8, 4) is 0 Å². The molecule has 0 bridgehead atoms. The first kappa shape index (κ1) is 12.8. The van der Waals surface area contributed by atoms with Crippen molar-refractivity contribution in [1.82, 2.24) is 4.90 Å². The van der Waals surface area contributed by atoms with Crippen molar-refractivity contribution in [3.05, 3.63) is 22.4 Å². The molecule has 0 N–H and O–H groups in total. The number of carbonyl (C=O) groups is 1. The molecule has 2 aliphatic rings. The molecule has 4 nitrogen and oxygen atoms in total. The number of thiophene rings is 2. The predicted molar refractivity (Wildman–Crippen MR) is 79.5 cm³/mol. The molecule has 1 spiro atoms. The normalized spacial score (nSPS) is 21.9. The van der Waals surface area contributed by atoms with E-state index in [1.807, 2.05) is 11.0 Å². The van der Waals surface area contributed by atoms with Gasteiger partial charge in [-0.25, -0.2) is 0 Å². The fourth-order valence-electron chi connectivity index (χ4n) is 2.92. The number of nitrogens with zero attached hydrogens (tertiary/aromatic N) is 1. The number of hydrogen-bond donors (Lipinski definition) is 0. The summed E-state index contributed by atoms with van der Waals surface area (Å²) < 4.78 is 13.8. The zero-order valence-corrected chi connectivity index (χ0v) is 12.6. The molecule has 20 heavy (non-hydrogen) atoms. The highest BCUT2D eigenvalue weighted by molar-refractivity contribution is 7.27. The van der Waals surface area contributed by atoms with Crippen molar-refractivity contribution in [3.63, 3.8) is 0 Å². The van der Waals surface area contributed by atoms with E-state index in [2.05, 4.69) is 11.4 Å². The van der Waals surface area contributed by atoms with E-state index in [-0.39, 0.29) is 5.91 Å². The third-order valence-electron chi connectivity index (χ3n) is 3.87. The van der Waals surface area contributed by atoms with Gasteiger partial charge >= 0.3 is 0 Å². The van der Waals surface area contributed by atoms with Crippen LogP contribution >= 0.6 is 22.7 Å². The number of piperidine rings is 1. The first-order valence-electron chi connectivity index (χ1n) is 6.80. The summed E-state index contributed by atoms with van der Waals surface area (Å²) in [4.78, 5) is 15.3. The minimum absolute atomic E-state index is 0.108. The van der Waals surface area contributed by atoms with Gasteiger partial charge in [0.25, 0.3) is 5.91 Å². The van der Waals surface area contributed by atoms with Gasteiger partial charge in [-0.15, -0.1) is 22.7 Å². The Morgan fingerprint density at radius 3 is 2.95 bits per heavy atom. The molecule has 0 aliphatic carbocycles. The molecule has 4 rings (SSSR count). The van der Waals surface area contributed by atoms with E-state index in [4.69, 9.17) is 9.47 Å². The van der Waals surface area contributed by atoms with Crippen LogP contribution in [-0.4, -0.2) is 42.9 Å². The van der Waals surface area contributed by atoms with Gasteiger partial charge in [0.05, 0.1) is 24.6 Å². The van der Waals surface area contributed by atoms with Crippen LogP contribution in [0.2, 0.25) is 0 Å². The summed E-state index contributed by atoms with van der Waals surface area (Å²) in [6.45, 7) is 2.61. The second kappa shape index (κ2) is 4.80. The van der Waals surface area contributed by atoms with Gasteiger partial charge in [-0.05, 0) is 23.9 Å². The summed E-state index contributed by atoms with van der Waals surface area (Å²) in [6, 6.07) is 4.08. The Balaban J connectivity index is 1.57. The molecule has 106 valence electrons. The van der Waals surface area contributed by atoms with E-state index in [0.29, 0.717) is 19.8 Å². The van der Waals surface area contributed by atoms with Crippen molar-refractivity contribution < 1.29 is 14.3 Å². The second-order valence-corrected chi connectivity index (χ2v) is 7.23. The van der Waals surface area contributed by atoms with Crippen molar-refractivity contribution in [1.29, 1.82) is 0 Å². The Morgan fingerprint density at radius 2 is 2.15 bits per heavy atom. The quantitative estimate of drug-likeness (QED) is 0.813. The third-order valence-corrected chi connectivity index (χ3v) is 5.95. The minimum Gasteiger partial charge on any atom is -0.346 e. The average Bonchev–Trinajstić information content (AvgIpc) is 3.13. The molecule has 2 aromatic heterocycles. The van der Waals surface area contributed by atoms with Gasteiger partial charge in [0, 0.05) is 22.4 Å². The van der Waals surface area contributed by atoms with Crippen molar-refractivity contribution in [2.45, 2.75) is 18.6 Å². The predicted octanol–water partition coefficient (Wildman–Crippen LogP) is 2.94. The highest BCUT2D eigenvalue weighted by Gasteiger charge is 2.42. The molecular weight excluding hydrogens is 294 g/mol. The highest BCUT2D eigenvalue weighted by Crippen LogP contribution is 2.34. The van der Waals surface area contributed by atoms with Crippen LogP contribution in [0.4, 0.5) is 0 Å². The largest absolute Gasteiger partial charge is 0.346 e. The van der Waals surface area contributed by atoms with Gasteiger partial charge in [-0.1, -0.05) is 0 Å². The lowest BCUT2D eigenvalue weighted by Crippen LogP contribution is -2.50. The van der Waals surface area contributed by atoms with Crippen LogP contribution in [0, 0.1) is 0 Å². The van der Waals surface area contributed by atoms with Crippen molar-refractivity contribution in [2.24, 2.45) is 0 Å². The molecule has 2 aromatic rings. The van der Waals surface area contributed by atoms with Gasteiger partial charge < -0.3 is 14.4 Å². The lowest BCUT2D eigenvalue weighted by atomic mass is 10.0. The lowest BCUT2D eigenvalue weighted by Gasteiger charge is -2.38. The molecule has 0 saturated carbocycles. The molecule has 0 radical (unpaired) electrons. The van der Waals surface area contributed by atoms with Crippen LogP contribution in [-0.2, 0) is 9.47 Å². The van der Waals surface area contributed by atoms with Crippen LogP contribution in [0.5, 0.6) is 0 Å². The van der Waals surface area contributed by atoms with E-state index in [1.165, 1.54) is 9.40 Å². The van der Waals surface area contributed by atoms with Crippen LogP contribution in [0.25, 0.3) is 9.40 Å². The highest BCUT2D eigenvalue weighted by atomic mass is 32.1. The third kappa shape index (κ3) is 2.07. The fourth-order valence-corrected chi connectivity index (χ4v) is 5.00. The first-order valence-corrected chi connectivity index (χ1v) is 8.50. The average molecular weight is 309 g/mol. The topological polar surface area (TPSA) is 38.8 Å². The monoisotopic (exact) mass is 309 g/mol. The smallest absolute Gasteiger partial charge is 0.264 e. The van der Waals surface area contributed by atoms with Crippen LogP contribution in [0.15, 0.2) is 17.5 Å². The Bertz CT molecular complexity index is 613.